The number of alkyl halides is 1. The zero-order valence-corrected chi connectivity index (χ0v) is 26.1. The molecule has 1 aliphatic heterocycles. The van der Waals surface area contributed by atoms with Gasteiger partial charge < -0.3 is 18.3 Å². The lowest BCUT2D eigenvalue weighted by atomic mass is 9.97. The van der Waals surface area contributed by atoms with E-state index in [-0.39, 0.29) is 28.4 Å². The highest BCUT2D eigenvalue weighted by molar-refractivity contribution is 14.1. The minimum atomic E-state index is -1.94. The minimum absolute atomic E-state index is 0.00932. The number of ether oxygens (including phenoxy) is 2. The van der Waals surface area contributed by atoms with Gasteiger partial charge in [0.2, 0.25) is 0 Å². The standard InChI is InChI=1S/C23H49IO4Si2/c1-17(16-24)19(28-30(12,13)22(5,6)7)20-18(26-23(8,9)27-20)14-15-25-29(10,11)21(2,3)4/h17-20H,14-16H2,1-13H3/t17-,18+,19-,20+/m0/s1. The summed E-state index contributed by atoms with van der Waals surface area (Å²) in [6.45, 7) is 30.0. The highest BCUT2D eigenvalue weighted by Gasteiger charge is 2.50. The second-order valence-electron chi connectivity index (χ2n) is 12.5. The first-order chi connectivity index (χ1) is 13.2. The summed E-state index contributed by atoms with van der Waals surface area (Å²) in [7, 11) is -3.72. The van der Waals surface area contributed by atoms with E-state index in [4.69, 9.17) is 18.3 Å². The van der Waals surface area contributed by atoms with Gasteiger partial charge in [-0.15, -0.1) is 0 Å². The number of hydrogen-bond acceptors (Lipinski definition) is 4. The highest BCUT2D eigenvalue weighted by Crippen LogP contribution is 2.42. The third-order valence-electron chi connectivity index (χ3n) is 7.26. The number of hydrogen-bond donors (Lipinski definition) is 0. The first-order valence-electron chi connectivity index (χ1n) is 11.5. The average Bonchev–Trinajstić information content (AvgIpc) is 2.84. The van der Waals surface area contributed by atoms with Gasteiger partial charge in [-0.1, -0.05) is 71.1 Å². The van der Waals surface area contributed by atoms with Crippen LogP contribution in [0.25, 0.3) is 0 Å². The third-order valence-corrected chi connectivity index (χ3v) is 17.7. The summed E-state index contributed by atoms with van der Waals surface area (Å²) in [5, 5.41) is 0.370. The molecule has 0 N–H and O–H groups in total. The van der Waals surface area contributed by atoms with Crippen LogP contribution < -0.4 is 0 Å². The monoisotopic (exact) mass is 572 g/mol. The summed E-state index contributed by atoms with van der Waals surface area (Å²) in [6, 6.07) is 0. The van der Waals surface area contributed by atoms with Crippen LogP contribution in [0.15, 0.2) is 0 Å². The number of halogens is 1. The van der Waals surface area contributed by atoms with Gasteiger partial charge in [0.1, 0.15) is 6.10 Å². The molecule has 1 saturated heterocycles. The molecule has 0 bridgehead atoms. The highest BCUT2D eigenvalue weighted by atomic mass is 127. The first-order valence-corrected chi connectivity index (χ1v) is 18.8. The first kappa shape index (κ1) is 29.0. The molecule has 180 valence electrons. The molecule has 4 nitrogen and oxygen atoms in total. The molecule has 0 aromatic carbocycles. The van der Waals surface area contributed by atoms with Gasteiger partial charge in [-0.2, -0.15) is 0 Å². The Morgan fingerprint density at radius 3 is 1.87 bits per heavy atom. The molecule has 1 heterocycles. The molecular formula is C23H49IO4Si2. The van der Waals surface area contributed by atoms with Crippen LogP contribution in [0.3, 0.4) is 0 Å². The predicted octanol–water partition coefficient (Wildman–Crippen LogP) is 7.38. The Morgan fingerprint density at radius 1 is 0.933 bits per heavy atom. The zero-order chi connectivity index (χ0) is 23.8. The van der Waals surface area contributed by atoms with Crippen LogP contribution in [-0.2, 0) is 18.3 Å². The SMILES string of the molecule is C[C@@H](CI)[C@H](O[Si](C)(C)C(C)(C)C)[C@@H]1OC(C)(C)O[C@@H]1CCO[Si](C)(C)C(C)(C)C. The van der Waals surface area contributed by atoms with Gasteiger partial charge in [0.05, 0.1) is 12.2 Å². The molecule has 0 radical (unpaired) electrons. The third kappa shape index (κ3) is 7.52. The molecular weight excluding hydrogens is 523 g/mol. The average molecular weight is 573 g/mol. The fourth-order valence-electron chi connectivity index (χ4n) is 3.12. The Bertz CT molecular complexity index is 552. The van der Waals surface area contributed by atoms with Crippen LogP contribution in [-0.4, -0.2) is 51.8 Å². The smallest absolute Gasteiger partial charge is 0.192 e. The summed E-state index contributed by atoms with van der Waals surface area (Å²) in [6.07, 6.45) is 0.792. The van der Waals surface area contributed by atoms with Crippen molar-refractivity contribution in [3.8, 4) is 0 Å². The van der Waals surface area contributed by atoms with Crippen molar-refractivity contribution in [3.05, 3.63) is 0 Å². The molecule has 1 fully saturated rings. The van der Waals surface area contributed by atoms with E-state index < -0.39 is 22.4 Å². The molecule has 0 amide bonds. The van der Waals surface area contributed by atoms with Crippen LogP contribution in [0.4, 0.5) is 0 Å². The van der Waals surface area contributed by atoms with Crippen molar-refractivity contribution in [1.29, 1.82) is 0 Å². The van der Waals surface area contributed by atoms with E-state index in [0.29, 0.717) is 12.5 Å². The van der Waals surface area contributed by atoms with Gasteiger partial charge in [0.25, 0.3) is 0 Å². The van der Waals surface area contributed by atoms with Gasteiger partial charge in [-0.25, -0.2) is 0 Å². The van der Waals surface area contributed by atoms with Crippen molar-refractivity contribution in [2.45, 2.75) is 129 Å². The Labute approximate surface area is 202 Å². The van der Waals surface area contributed by atoms with Crippen molar-refractivity contribution in [3.63, 3.8) is 0 Å². The van der Waals surface area contributed by atoms with Crippen molar-refractivity contribution in [1.82, 2.24) is 0 Å². The lowest BCUT2D eigenvalue weighted by Gasteiger charge is -2.43. The molecule has 0 aliphatic carbocycles. The molecule has 1 aliphatic rings. The molecule has 0 spiro atoms. The van der Waals surface area contributed by atoms with Crippen molar-refractivity contribution in [2.75, 3.05) is 11.0 Å². The maximum absolute atomic E-state index is 6.96. The van der Waals surface area contributed by atoms with E-state index in [1.165, 1.54) is 0 Å². The quantitative estimate of drug-likeness (QED) is 0.164. The Morgan fingerprint density at radius 2 is 1.43 bits per heavy atom. The molecule has 0 unspecified atom stereocenters. The normalized spacial score (nSPS) is 25.4. The van der Waals surface area contributed by atoms with Gasteiger partial charge in [-0.3, -0.25) is 0 Å². The molecule has 0 aromatic rings. The number of rotatable bonds is 9. The van der Waals surface area contributed by atoms with Crippen LogP contribution in [0.1, 0.15) is 68.7 Å². The van der Waals surface area contributed by atoms with Crippen LogP contribution in [0, 0.1) is 5.92 Å². The summed E-state index contributed by atoms with van der Waals surface area (Å²) in [4.78, 5) is 0. The summed E-state index contributed by atoms with van der Waals surface area (Å²) < 4.78 is 27.3. The van der Waals surface area contributed by atoms with E-state index in [1.807, 2.05) is 13.8 Å². The topological polar surface area (TPSA) is 36.9 Å². The van der Waals surface area contributed by atoms with Crippen molar-refractivity contribution in [2.24, 2.45) is 5.92 Å². The van der Waals surface area contributed by atoms with E-state index in [1.54, 1.807) is 0 Å². The summed E-state index contributed by atoms with van der Waals surface area (Å²) in [5.74, 6) is -0.196. The molecule has 1 rings (SSSR count). The molecule has 7 heteroatoms. The van der Waals surface area contributed by atoms with Crippen LogP contribution >= 0.6 is 22.6 Å². The lowest BCUT2D eigenvalue weighted by Crippen LogP contribution is -2.52. The molecule has 0 saturated carbocycles. The maximum atomic E-state index is 6.96. The van der Waals surface area contributed by atoms with E-state index >= 15 is 0 Å². The van der Waals surface area contributed by atoms with Crippen molar-refractivity contribution < 1.29 is 18.3 Å². The lowest BCUT2D eigenvalue weighted by molar-refractivity contribution is -0.156. The Kier molecular flexibility index (Phi) is 9.77. The van der Waals surface area contributed by atoms with E-state index in [2.05, 4.69) is 97.2 Å². The van der Waals surface area contributed by atoms with Gasteiger partial charge >= 0.3 is 0 Å². The fourth-order valence-corrected chi connectivity index (χ4v) is 6.09. The summed E-state index contributed by atoms with van der Waals surface area (Å²) >= 11 is 2.47. The fraction of sp³-hybridized carbons (Fsp3) is 1.00. The van der Waals surface area contributed by atoms with Gasteiger partial charge in [0, 0.05) is 11.0 Å². The maximum Gasteiger partial charge on any atom is 0.192 e. The molecule has 30 heavy (non-hydrogen) atoms. The van der Waals surface area contributed by atoms with E-state index in [9.17, 15) is 0 Å². The minimum Gasteiger partial charge on any atom is -0.417 e. The van der Waals surface area contributed by atoms with Gasteiger partial charge in [-0.05, 0) is 62.5 Å². The second-order valence-corrected chi connectivity index (χ2v) is 23.0. The second kappa shape index (κ2) is 10.1. The van der Waals surface area contributed by atoms with E-state index in [0.717, 1.165) is 10.8 Å². The Balaban J connectivity index is 3.03. The predicted molar refractivity (Wildman–Crippen MR) is 142 cm³/mol. The van der Waals surface area contributed by atoms with Crippen molar-refractivity contribution >= 4 is 39.2 Å². The Hall–Kier alpha value is 1.00. The molecule has 0 aromatic heterocycles. The van der Waals surface area contributed by atoms with Crippen LogP contribution in [0.5, 0.6) is 0 Å². The van der Waals surface area contributed by atoms with Crippen LogP contribution in [0.2, 0.25) is 36.3 Å². The summed E-state index contributed by atoms with van der Waals surface area (Å²) in [5.41, 5.74) is 0. The van der Waals surface area contributed by atoms with Gasteiger partial charge in [0.15, 0.2) is 22.4 Å². The largest absolute Gasteiger partial charge is 0.417 e. The zero-order valence-electron chi connectivity index (χ0n) is 21.9. The molecule has 4 atom stereocenters.